The van der Waals surface area contributed by atoms with Gasteiger partial charge >= 0.3 is 5.97 Å². The van der Waals surface area contributed by atoms with Crippen molar-refractivity contribution in [2.45, 2.75) is 45.7 Å². The number of nitrogens with two attached hydrogens (primary N) is 1. The first-order valence-corrected chi connectivity index (χ1v) is 5.51. The van der Waals surface area contributed by atoms with Crippen LogP contribution in [0.3, 0.4) is 0 Å². The quantitative estimate of drug-likeness (QED) is 0.703. The lowest BCUT2D eigenvalue weighted by Crippen LogP contribution is -2.47. The van der Waals surface area contributed by atoms with Gasteiger partial charge in [-0.2, -0.15) is 0 Å². The van der Waals surface area contributed by atoms with E-state index in [0.29, 0.717) is 5.92 Å². The standard InChI is InChI=1S/C11H22N2O3/c1-7(2)8(3)13(4)11(16)9(12)5-6-10(14)15/h7-9H,5-6,12H2,1-4H3,(H,14,15). The maximum Gasteiger partial charge on any atom is 0.303 e. The number of likely N-dealkylation sites (N-methyl/N-ethyl adjacent to an activating group) is 1. The molecule has 0 aliphatic heterocycles. The molecule has 0 aromatic rings. The van der Waals surface area contributed by atoms with Crippen LogP contribution in [-0.4, -0.2) is 41.0 Å². The number of hydrogen-bond donors (Lipinski definition) is 2. The van der Waals surface area contributed by atoms with Crippen molar-refractivity contribution in [3.8, 4) is 0 Å². The molecule has 0 radical (unpaired) electrons. The Morgan fingerprint density at radius 2 is 1.81 bits per heavy atom. The van der Waals surface area contributed by atoms with Crippen molar-refractivity contribution < 1.29 is 14.7 Å². The van der Waals surface area contributed by atoms with Crippen molar-refractivity contribution in [2.24, 2.45) is 11.7 Å². The smallest absolute Gasteiger partial charge is 0.303 e. The molecule has 1 amide bonds. The predicted molar refractivity (Wildman–Crippen MR) is 61.9 cm³/mol. The van der Waals surface area contributed by atoms with Crippen molar-refractivity contribution in [1.82, 2.24) is 4.90 Å². The molecule has 0 spiro atoms. The van der Waals surface area contributed by atoms with Crippen molar-refractivity contribution in [1.29, 1.82) is 0 Å². The summed E-state index contributed by atoms with van der Waals surface area (Å²) in [6.07, 6.45) is 0.111. The number of hydrogen-bond acceptors (Lipinski definition) is 3. The Labute approximate surface area is 96.6 Å². The van der Waals surface area contributed by atoms with E-state index < -0.39 is 12.0 Å². The SMILES string of the molecule is CC(C)C(C)N(C)C(=O)C(N)CCC(=O)O. The maximum absolute atomic E-state index is 11.8. The fourth-order valence-corrected chi connectivity index (χ4v) is 1.31. The molecule has 5 heteroatoms. The highest BCUT2D eigenvalue weighted by molar-refractivity contribution is 5.82. The highest BCUT2D eigenvalue weighted by atomic mass is 16.4. The Morgan fingerprint density at radius 1 is 1.31 bits per heavy atom. The summed E-state index contributed by atoms with van der Waals surface area (Å²) in [6.45, 7) is 6.00. The second kappa shape index (κ2) is 6.48. The molecule has 0 aliphatic rings. The van der Waals surface area contributed by atoms with Gasteiger partial charge in [0.1, 0.15) is 0 Å². The average molecular weight is 230 g/mol. The number of carbonyl (C=O) groups excluding carboxylic acids is 1. The molecule has 0 heterocycles. The molecule has 5 nitrogen and oxygen atoms in total. The zero-order chi connectivity index (χ0) is 12.9. The van der Waals surface area contributed by atoms with Gasteiger partial charge < -0.3 is 15.7 Å². The first-order valence-electron chi connectivity index (χ1n) is 5.51. The average Bonchev–Trinajstić information content (AvgIpc) is 2.22. The summed E-state index contributed by atoms with van der Waals surface area (Å²) in [5.41, 5.74) is 5.65. The molecular weight excluding hydrogens is 208 g/mol. The van der Waals surface area contributed by atoms with Crippen LogP contribution in [0.5, 0.6) is 0 Å². The van der Waals surface area contributed by atoms with Gasteiger partial charge in [-0.15, -0.1) is 0 Å². The Kier molecular flexibility index (Phi) is 6.03. The predicted octanol–water partition coefficient (Wildman–Crippen LogP) is 0.681. The minimum Gasteiger partial charge on any atom is -0.481 e. The summed E-state index contributed by atoms with van der Waals surface area (Å²) < 4.78 is 0. The van der Waals surface area contributed by atoms with Gasteiger partial charge in [0.2, 0.25) is 5.91 Å². The van der Waals surface area contributed by atoms with Crippen molar-refractivity contribution in [3.63, 3.8) is 0 Å². The topological polar surface area (TPSA) is 83.6 Å². The molecule has 2 unspecified atom stereocenters. The molecule has 94 valence electrons. The van der Waals surface area contributed by atoms with E-state index in [1.54, 1.807) is 11.9 Å². The van der Waals surface area contributed by atoms with Crippen molar-refractivity contribution >= 4 is 11.9 Å². The lowest BCUT2D eigenvalue weighted by molar-refractivity contribution is -0.138. The van der Waals surface area contributed by atoms with Gasteiger partial charge in [-0.1, -0.05) is 13.8 Å². The highest BCUT2D eigenvalue weighted by Gasteiger charge is 2.23. The monoisotopic (exact) mass is 230 g/mol. The Bertz CT molecular complexity index is 254. The van der Waals surface area contributed by atoms with Crippen LogP contribution in [0.2, 0.25) is 0 Å². The molecule has 0 aromatic heterocycles. The van der Waals surface area contributed by atoms with Crippen molar-refractivity contribution in [2.75, 3.05) is 7.05 Å². The number of carboxylic acid groups (broad SMARTS) is 1. The number of carbonyl (C=O) groups is 2. The fourth-order valence-electron chi connectivity index (χ4n) is 1.31. The van der Waals surface area contributed by atoms with E-state index in [1.807, 2.05) is 20.8 Å². The molecule has 0 rings (SSSR count). The number of carboxylic acids is 1. The Hall–Kier alpha value is -1.10. The van der Waals surface area contributed by atoms with E-state index in [0.717, 1.165) is 0 Å². The minimum absolute atomic E-state index is 0.0726. The van der Waals surface area contributed by atoms with E-state index in [4.69, 9.17) is 10.8 Å². The number of nitrogens with zero attached hydrogens (tertiary/aromatic N) is 1. The molecule has 0 aliphatic carbocycles. The van der Waals surface area contributed by atoms with Crippen LogP contribution >= 0.6 is 0 Å². The van der Waals surface area contributed by atoms with E-state index in [-0.39, 0.29) is 24.8 Å². The van der Waals surface area contributed by atoms with Gasteiger partial charge in [0, 0.05) is 19.5 Å². The Morgan fingerprint density at radius 3 is 2.19 bits per heavy atom. The number of aliphatic carboxylic acids is 1. The highest BCUT2D eigenvalue weighted by Crippen LogP contribution is 2.10. The van der Waals surface area contributed by atoms with Crippen LogP contribution in [0.4, 0.5) is 0 Å². The summed E-state index contributed by atoms with van der Waals surface area (Å²) >= 11 is 0. The van der Waals surface area contributed by atoms with Gasteiger partial charge in [-0.25, -0.2) is 0 Å². The molecule has 0 saturated carbocycles. The van der Waals surface area contributed by atoms with Crippen molar-refractivity contribution in [3.05, 3.63) is 0 Å². The number of rotatable bonds is 6. The second-order valence-electron chi connectivity index (χ2n) is 4.47. The molecule has 3 N–H and O–H groups in total. The summed E-state index contributed by atoms with van der Waals surface area (Å²) in [7, 11) is 1.70. The second-order valence-corrected chi connectivity index (χ2v) is 4.47. The van der Waals surface area contributed by atoms with Gasteiger partial charge in [0.05, 0.1) is 6.04 Å². The fraction of sp³-hybridized carbons (Fsp3) is 0.818. The molecule has 0 saturated heterocycles. The van der Waals surface area contributed by atoms with Crippen LogP contribution in [0.15, 0.2) is 0 Å². The largest absolute Gasteiger partial charge is 0.481 e. The lowest BCUT2D eigenvalue weighted by Gasteiger charge is -2.30. The molecule has 0 fully saturated rings. The van der Waals surface area contributed by atoms with Crippen LogP contribution < -0.4 is 5.73 Å². The zero-order valence-corrected chi connectivity index (χ0v) is 10.4. The molecular formula is C11H22N2O3. The minimum atomic E-state index is -0.928. The summed E-state index contributed by atoms with van der Waals surface area (Å²) in [5, 5.41) is 8.50. The summed E-state index contributed by atoms with van der Waals surface area (Å²) in [5.74, 6) is -0.772. The van der Waals surface area contributed by atoms with E-state index >= 15 is 0 Å². The summed E-state index contributed by atoms with van der Waals surface area (Å²) in [4.78, 5) is 23.8. The Balaban J connectivity index is 4.26. The van der Waals surface area contributed by atoms with Crippen LogP contribution in [0.25, 0.3) is 0 Å². The zero-order valence-electron chi connectivity index (χ0n) is 10.4. The van der Waals surface area contributed by atoms with Gasteiger partial charge in [0.25, 0.3) is 0 Å². The molecule has 16 heavy (non-hydrogen) atoms. The summed E-state index contributed by atoms with van der Waals surface area (Å²) in [6, 6.07) is -0.620. The first kappa shape index (κ1) is 14.9. The molecule has 0 aromatic carbocycles. The molecule has 2 atom stereocenters. The first-order chi connectivity index (χ1) is 7.27. The van der Waals surface area contributed by atoms with Crippen LogP contribution in [0.1, 0.15) is 33.6 Å². The van der Waals surface area contributed by atoms with Gasteiger partial charge in [-0.05, 0) is 19.3 Å². The van der Waals surface area contributed by atoms with E-state index in [1.165, 1.54) is 0 Å². The van der Waals surface area contributed by atoms with E-state index in [2.05, 4.69) is 0 Å². The normalized spacial score (nSPS) is 14.6. The third-order valence-corrected chi connectivity index (χ3v) is 2.91. The van der Waals surface area contributed by atoms with E-state index in [9.17, 15) is 9.59 Å². The van der Waals surface area contributed by atoms with Gasteiger partial charge in [-0.3, -0.25) is 9.59 Å². The van der Waals surface area contributed by atoms with Crippen LogP contribution in [-0.2, 0) is 9.59 Å². The lowest BCUT2D eigenvalue weighted by atomic mass is 10.0. The van der Waals surface area contributed by atoms with Gasteiger partial charge in [0.15, 0.2) is 0 Å². The van der Waals surface area contributed by atoms with Crippen LogP contribution in [0, 0.1) is 5.92 Å². The third-order valence-electron chi connectivity index (χ3n) is 2.91. The number of amides is 1. The third kappa shape index (κ3) is 4.61. The maximum atomic E-state index is 11.8. The molecule has 0 bridgehead atoms.